The summed E-state index contributed by atoms with van der Waals surface area (Å²) in [4.78, 5) is 17.7. The summed E-state index contributed by atoms with van der Waals surface area (Å²) in [6.07, 6.45) is 6.41. The monoisotopic (exact) mass is 411 g/mol. The standard InChI is InChI=1S/C19H33N5O3S/c1-4-22-15-18(13-20-22)28(26,27)23-10-6-7-16(14-23)19(25)24(5-2)17-8-11-21(3)12-9-17/h13,15-17H,4-12,14H2,1-3H3. The third-order valence-corrected chi connectivity index (χ3v) is 7.88. The molecule has 0 bridgehead atoms. The van der Waals surface area contributed by atoms with E-state index in [2.05, 4.69) is 17.0 Å². The topological polar surface area (TPSA) is 78.8 Å². The maximum Gasteiger partial charge on any atom is 0.246 e. The molecule has 2 saturated heterocycles. The highest BCUT2D eigenvalue weighted by Gasteiger charge is 2.37. The van der Waals surface area contributed by atoms with Crippen LogP contribution in [-0.2, 0) is 21.4 Å². The number of hydrogen-bond donors (Lipinski definition) is 0. The second-order valence-electron chi connectivity index (χ2n) is 7.89. The van der Waals surface area contributed by atoms with Gasteiger partial charge in [-0.3, -0.25) is 9.48 Å². The molecule has 0 N–H and O–H groups in total. The van der Waals surface area contributed by atoms with Crippen LogP contribution in [0.5, 0.6) is 0 Å². The van der Waals surface area contributed by atoms with Crippen LogP contribution in [0.1, 0.15) is 39.5 Å². The number of carbonyl (C=O) groups excluding carboxylic acids is 1. The Morgan fingerprint density at radius 1 is 1.21 bits per heavy atom. The van der Waals surface area contributed by atoms with Crippen molar-refractivity contribution in [2.75, 3.05) is 39.8 Å². The van der Waals surface area contributed by atoms with Gasteiger partial charge in [0, 0.05) is 38.4 Å². The smallest absolute Gasteiger partial charge is 0.246 e. The first kappa shape index (κ1) is 21.3. The van der Waals surface area contributed by atoms with Crippen LogP contribution < -0.4 is 0 Å². The van der Waals surface area contributed by atoms with Crippen molar-refractivity contribution in [2.45, 2.75) is 57.0 Å². The van der Waals surface area contributed by atoms with E-state index in [0.717, 1.165) is 32.4 Å². The van der Waals surface area contributed by atoms with E-state index in [1.54, 1.807) is 10.9 Å². The summed E-state index contributed by atoms with van der Waals surface area (Å²) in [6.45, 7) is 7.97. The van der Waals surface area contributed by atoms with Gasteiger partial charge < -0.3 is 9.80 Å². The molecule has 0 radical (unpaired) electrons. The number of piperidine rings is 2. The van der Waals surface area contributed by atoms with Gasteiger partial charge in [0.1, 0.15) is 4.90 Å². The fourth-order valence-corrected chi connectivity index (χ4v) is 5.78. The van der Waals surface area contributed by atoms with Gasteiger partial charge in [0.2, 0.25) is 15.9 Å². The van der Waals surface area contributed by atoms with E-state index in [0.29, 0.717) is 26.1 Å². The van der Waals surface area contributed by atoms with Gasteiger partial charge in [-0.25, -0.2) is 8.42 Å². The molecule has 0 aliphatic carbocycles. The van der Waals surface area contributed by atoms with Gasteiger partial charge in [-0.1, -0.05) is 0 Å². The molecule has 9 heteroatoms. The van der Waals surface area contributed by atoms with E-state index in [1.807, 2.05) is 18.7 Å². The minimum absolute atomic E-state index is 0.112. The van der Waals surface area contributed by atoms with Gasteiger partial charge in [0.15, 0.2) is 0 Å². The lowest BCUT2D eigenvalue weighted by atomic mass is 9.95. The van der Waals surface area contributed by atoms with Crippen molar-refractivity contribution in [3.63, 3.8) is 0 Å². The third kappa shape index (κ3) is 4.41. The third-order valence-electron chi connectivity index (χ3n) is 6.06. The van der Waals surface area contributed by atoms with E-state index in [-0.39, 0.29) is 29.3 Å². The first-order chi connectivity index (χ1) is 13.4. The van der Waals surface area contributed by atoms with Gasteiger partial charge in [0.05, 0.1) is 12.1 Å². The number of rotatable bonds is 6. The Balaban J connectivity index is 1.70. The first-order valence-electron chi connectivity index (χ1n) is 10.4. The molecule has 0 aromatic carbocycles. The predicted octanol–water partition coefficient (Wildman–Crippen LogP) is 1.25. The molecule has 2 aliphatic heterocycles. The van der Waals surface area contributed by atoms with Gasteiger partial charge in [-0.2, -0.15) is 9.40 Å². The minimum atomic E-state index is -3.61. The molecule has 0 spiro atoms. The quantitative estimate of drug-likeness (QED) is 0.704. The highest BCUT2D eigenvalue weighted by Crippen LogP contribution is 2.26. The van der Waals surface area contributed by atoms with Crippen LogP contribution in [-0.4, -0.2) is 84.0 Å². The van der Waals surface area contributed by atoms with Crippen LogP contribution in [0.4, 0.5) is 0 Å². The van der Waals surface area contributed by atoms with E-state index in [9.17, 15) is 13.2 Å². The number of carbonyl (C=O) groups is 1. The van der Waals surface area contributed by atoms with Gasteiger partial charge in [0.25, 0.3) is 0 Å². The average Bonchev–Trinajstić information content (AvgIpc) is 3.20. The normalized spacial score (nSPS) is 23.0. The molecule has 1 aromatic rings. The molecule has 158 valence electrons. The Labute approximate surface area is 168 Å². The first-order valence-corrected chi connectivity index (χ1v) is 11.8. The molecular weight excluding hydrogens is 378 g/mol. The summed E-state index contributed by atoms with van der Waals surface area (Å²) in [5, 5.41) is 4.09. The van der Waals surface area contributed by atoms with Gasteiger partial charge in [-0.05, 0) is 59.7 Å². The molecule has 3 rings (SSSR count). The summed E-state index contributed by atoms with van der Waals surface area (Å²) >= 11 is 0. The zero-order valence-electron chi connectivity index (χ0n) is 17.2. The fourth-order valence-electron chi connectivity index (χ4n) is 4.30. The molecule has 28 heavy (non-hydrogen) atoms. The lowest BCUT2D eigenvalue weighted by Gasteiger charge is -2.40. The second-order valence-corrected chi connectivity index (χ2v) is 9.83. The Kier molecular flexibility index (Phi) is 6.77. The average molecular weight is 412 g/mol. The predicted molar refractivity (Wildman–Crippen MR) is 107 cm³/mol. The summed E-state index contributed by atoms with van der Waals surface area (Å²) in [7, 11) is -1.50. The molecule has 2 fully saturated rings. The van der Waals surface area contributed by atoms with Crippen molar-refractivity contribution in [1.29, 1.82) is 0 Å². The SMILES string of the molecule is CCN(C(=O)C1CCCN(S(=O)(=O)c2cnn(CC)c2)C1)C1CCN(C)CC1. The van der Waals surface area contributed by atoms with Crippen LogP contribution in [0.2, 0.25) is 0 Å². The number of likely N-dealkylation sites (tertiary alicyclic amines) is 1. The van der Waals surface area contributed by atoms with Crippen molar-refractivity contribution in [2.24, 2.45) is 5.92 Å². The van der Waals surface area contributed by atoms with E-state index in [1.165, 1.54) is 10.5 Å². The van der Waals surface area contributed by atoms with Crippen LogP contribution in [0.15, 0.2) is 17.3 Å². The van der Waals surface area contributed by atoms with E-state index < -0.39 is 10.0 Å². The number of amides is 1. The van der Waals surface area contributed by atoms with Gasteiger partial charge in [-0.15, -0.1) is 0 Å². The Hall–Kier alpha value is -1.45. The molecule has 3 heterocycles. The molecule has 2 aliphatic rings. The van der Waals surface area contributed by atoms with Crippen molar-refractivity contribution in [3.8, 4) is 0 Å². The lowest BCUT2D eigenvalue weighted by molar-refractivity contribution is -0.139. The Morgan fingerprint density at radius 3 is 2.54 bits per heavy atom. The highest BCUT2D eigenvalue weighted by atomic mass is 32.2. The number of nitrogens with zero attached hydrogens (tertiary/aromatic N) is 5. The minimum Gasteiger partial charge on any atom is -0.340 e. The fraction of sp³-hybridized carbons (Fsp3) is 0.789. The molecule has 0 saturated carbocycles. The zero-order chi connectivity index (χ0) is 20.3. The van der Waals surface area contributed by atoms with E-state index >= 15 is 0 Å². The number of aryl methyl sites for hydroxylation is 1. The van der Waals surface area contributed by atoms with Crippen LogP contribution in [0, 0.1) is 5.92 Å². The number of hydrogen-bond acceptors (Lipinski definition) is 5. The lowest BCUT2D eigenvalue weighted by Crippen LogP contribution is -2.51. The number of aromatic nitrogens is 2. The van der Waals surface area contributed by atoms with Crippen molar-refractivity contribution >= 4 is 15.9 Å². The largest absolute Gasteiger partial charge is 0.340 e. The second kappa shape index (κ2) is 8.92. The summed E-state index contributed by atoms with van der Waals surface area (Å²) in [6, 6.07) is 0.267. The maximum atomic E-state index is 13.2. The summed E-state index contributed by atoms with van der Waals surface area (Å²) < 4.78 is 29.1. The van der Waals surface area contributed by atoms with Crippen molar-refractivity contribution in [3.05, 3.63) is 12.4 Å². The Morgan fingerprint density at radius 2 is 1.93 bits per heavy atom. The van der Waals surface area contributed by atoms with Crippen LogP contribution in [0.3, 0.4) is 0 Å². The molecule has 8 nitrogen and oxygen atoms in total. The number of sulfonamides is 1. The molecule has 1 aromatic heterocycles. The van der Waals surface area contributed by atoms with Crippen molar-refractivity contribution in [1.82, 2.24) is 23.9 Å². The zero-order valence-corrected chi connectivity index (χ0v) is 18.1. The molecule has 1 amide bonds. The molecule has 1 atom stereocenters. The van der Waals surface area contributed by atoms with Gasteiger partial charge >= 0.3 is 0 Å². The Bertz CT molecular complexity index is 770. The van der Waals surface area contributed by atoms with Crippen LogP contribution >= 0.6 is 0 Å². The van der Waals surface area contributed by atoms with E-state index in [4.69, 9.17) is 0 Å². The summed E-state index contributed by atoms with van der Waals surface area (Å²) in [5.41, 5.74) is 0. The summed E-state index contributed by atoms with van der Waals surface area (Å²) in [5.74, 6) is -0.148. The maximum absolute atomic E-state index is 13.2. The molecule has 1 unspecified atom stereocenters. The van der Waals surface area contributed by atoms with Crippen molar-refractivity contribution < 1.29 is 13.2 Å². The highest BCUT2D eigenvalue weighted by molar-refractivity contribution is 7.89. The van der Waals surface area contributed by atoms with Crippen LogP contribution in [0.25, 0.3) is 0 Å². The molecular formula is C19H33N5O3S.